The lowest BCUT2D eigenvalue weighted by molar-refractivity contribution is 0.105. The molecule has 1 saturated heterocycles. The van der Waals surface area contributed by atoms with Gasteiger partial charge in [0, 0.05) is 19.0 Å². The molecule has 2 aliphatic rings. The Hall–Kier alpha value is -1.76. The van der Waals surface area contributed by atoms with Crippen LogP contribution in [-0.2, 0) is 4.74 Å². The lowest BCUT2D eigenvalue weighted by Crippen LogP contribution is -2.36. The Labute approximate surface area is 146 Å². The maximum Gasteiger partial charge on any atom is 0.407 e. The molecule has 1 amide bonds. The standard InChI is InChI=1S/C14H19ClN4O3.C2H6/c15-12-11(7-16-18-13(12)20)19-6-5-10(8-19)22-14(21)17-9-3-1-2-4-9;1-2/h7,9-10H,1-6,8H2,(H,17,21)(H,18,20);1-2H3/t10-;/m1./s1. The van der Waals surface area contributed by atoms with Gasteiger partial charge in [-0.1, -0.05) is 38.3 Å². The summed E-state index contributed by atoms with van der Waals surface area (Å²) in [6.45, 7) is 5.19. The summed E-state index contributed by atoms with van der Waals surface area (Å²) in [6.07, 6.45) is 6.06. The first-order valence-corrected chi connectivity index (χ1v) is 8.96. The van der Waals surface area contributed by atoms with E-state index in [0.717, 1.165) is 25.7 Å². The second kappa shape index (κ2) is 8.92. The number of alkyl carbamates (subject to hydrolysis) is 1. The molecule has 0 spiro atoms. The monoisotopic (exact) mass is 356 g/mol. The molecule has 1 aliphatic heterocycles. The van der Waals surface area contributed by atoms with Gasteiger partial charge in [0.15, 0.2) is 0 Å². The van der Waals surface area contributed by atoms with Gasteiger partial charge in [0.05, 0.1) is 18.4 Å². The van der Waals surface area contributed by atoms with Gasteiger partial charge in [-0.2, -0.15) is 5.10 Å². The predicted octanol–water partition coefficient (Wildman–Crippen LogP) is 2.70. The number of nitrogens with one attached hydrogen (secondary N) is 2. The van der Waals surface area contributed by atoms with E-state index in [9.17, 15) is 9.59 Å². The zero-order valence-electron chi connectivity index (χ0n) is 14.2. The zero-order chi connectivity index (χ0) is 17.5. The average Bonchev–Trinajstić information content (AvgIpc) is 3.24. The topological polar surface area (TPSA) is 87.3 Å². The van der Waals surface area contributed by atoms with E-state index in [1.807, 2.05) is 18.7 Å². The molecular formula is C16H25ClN4O3. The van der Waals surface area contributed by atoms with Gasteiger partial charge >= 0.3 is 6.09 Å². The molecule has 2 fully saturated rings. The summed E-state index contributed by atoms with van der Waals surface area (Å²) in [4.78, 5) is 25.3. The highest BCUT2D eigenvalue weighted by atomic mass is 35.5. The first kappa shape index (κ1) is 18.6. The van der Waals surface area contributed by atoms with Crippen LogP contribution >= 0.6 is 11.6 Å². The summed E-state index contributed by atoms with van der Waals surface area (Å²) >= 11 is 5.99. The van der Waals surface area contributed by atoms with Crippen molar-refractivity contribution >= 4 is 23.4 Å². The molecule has 0 radical (unpaired) electrons. The minimum Gasteiger partial charge on any atom is -0.444 e. The van der Waals surface area contributed by atoms with Crippen molar-refractivity contribution in [3.8, 4) is 0 Å². The van der Waals surface area contributed by atoms with Gasteiger partial charge in [0.25, 0.3) is 5.56 Å². The van der Waals surface area contributed by atoms with Crippen LogP contribution in [0.1, 0.15) is 46.0 Å². The summed E-state index contributed by atoms with van der Waals surface area (Å²) in [6, 6.07) is 0.247. The number of carbonyl (C=O) groups is 1. The number of amides is 1. The number of aromatic amines is 1. The molecule has 8 heteroatoms. The van der Waals surface area contributed by atoms with Crippen LogP contribution in [0.2, 0.25) is 5.02 Å². The summed E-state index contributed by atoms with van der Waals surface area (Å²) in [5.74, 6) is 0. The fraction of sp³-hybridized carbons (Fsp3) is 0.688. The van der Waals surface area contributed by atoms with Gasteiger partial charge in [-0.05, 0) is 12.8 Å². The third kappa shape index (κ3) is 4.63. The average molecular weight is 357 g/mol. The second-order valence-electron chi connectivity index (χ2n) is 5.79. The molecule has 7 nitrogen and oxygen atoms in total. The number of ether oxygens (including phenoxy) is 1. The first-order chi connectivity index (χ1) is 11.6. The van der Waals surface area contributed by atoms with Crippen LogP contribution in [0.3, 0.4) is 0 Å². The van der Waals surface area contributed by atoms with Crippen LogP contribution in [0.25, 0.3) is 0 Å². The number of H-pyrrole nitrogens is 1. The molecule has 134 valence electrons. The van der Waals surface area contributed by atoms with E-state index in [1.165, 1.54) is 6.20 Å². The van der Waals surface area contributed by atoms with Crippen LogP contribution in [0.15, 0.2) is 11.0 Å². The lowest BCUT2D eigenvalue weighted by atomic mass is 10.3. The summed E-state index contributed by atoms with van der Waals surface area (Å²) < 4.78 is 5.45. The number of rotatable bonds is 3. The van der Waals surface area contributed by atoms with Crippen LogP contribution in [-0.4, -0.2) is 41.5 Å². The van der Waals surface area contributed by atoms with Gasteiger partial charge in [0.1, 0.15) is 11.1 Å². The van der Waals surface area contributed by atoms with Crippen molar-refractivity contribution < 1.29 is 9.53 Å². The number of hydrogen-bond acceptors (Lipinski definition) is 5. The van der Waals surface area contributed by atoms with Crippen molar-refractivity contribution in [2.75, 3.05) is 18.0 Å². The first-order valence-electron chi connectivity index (χ1n) is 8.59. The van der Waals surface area contributed by atoms with E-state index in [1.54, 1.807) is 0 Å². The van der Waals surface area contributed by atoms with Crippen molar-refractivity contribution in [1.29, 1.82) is 0 Å². The van der Waals surface area contributed by atoms with E-state index in [4.69, 9.17) is 16.3 Å². The van der Waals surface area contributed by atoms with Crippen molar-refractivity contribution in [1.82, 2.24) is 15.5 Å². The maximum absolute atomic E-state index is 11.9. The quantitative estimate of drug-likeness (QED) is 0.869. The van der Waals surface area contributed by atoms with Gasteiger partial charge in [-0.25, -0.2) is 9.89 Å². The number of nitrogens with zero attached hydrogens (tertiary/aromatic N) is 2. The Morgan fingerprint density at radius 3 is 2.79 bits per heavy atom. The summed E-state index contributed by atoms with van der Waals surface area (Å²) in [5, 5.41) is 9.07. The van der Waals surface area contributed by atoms with Crippen LogP contribution in [0.5, 0.6) is 0 Å². The molecule has 1 aromatic heterocycles. The maximum atomic E-state index is 11.9. The van der Waals surface area contributed by atoms with Gasteiger partial charge in [-0.3, -0.25) is 4.79 Å². The summed E-state index contributed by atoms with van der Waals surface area (Å²) in [7, 11) is 0. The number of anilines is 1. The SMILES string of the molecule is CC.O=C(NC1CCCC1)O[C@@H]1CCN(c2cn[nH]c(=O)c2Cl)C1. The van der Waals surface area contributed by atoms with Crippen LogP contribution < -0.4 is 15.8 Å². The third-order valence-electron chi connectivity index (χ3n) is 4.21. The highest BCUT2D eigenvalue weighted by Gasteiger charge is 2.28. The van der Waals surface area contributed by atoms with E-state index in [2.05, 4.69) is 15.5 Å². The number of carbonyl (C=O) groups excluding carboxylic acids is 1. The molecule has 2 heterocycles. The number of halogens is 1. The predicted molar refractivity (Wildman–Crippen MR) is 93.7 cm³/mol. The smallest absolute Gasteiger partial charge is 0.407 e. The van der Waals surface area contributed by atoms with E-state index >= 15 is 0 Å². The molecule has 0 bridgehead atoms. The van der Waals surface area contributed by atoms with E-state index in [0.29, 0.717) is 25.2 Å². The van der Waals surface area contributed by atoms with E-state index < -0.39 is 5.56 Å². The Balaban J connectivity index is 0.00000100. The fourth-order valence-corrected chi connectivity index (χ4v) is 3.27. The van der Waals surface area contributed by atoms with Crippen molar-refractivity contribution in [2.24, 2.45) is 0 Å². The van der Waals surface area contributed by atoms with Crippen molar-refractivity contribution in [3.05, 3.63) is 21.6 Å². The molecule has 24 heavy (non-hydrogen) atoms. The molecule has 1 aliphatic carbocycles. The largest absolute Gasteiger partial charge is 0.444 e. The van der Waals surface area contributed by atoms with Gasteiger partial charge in [-0.15, -0.1) is 0 Å². The Kier molecular flexibility index (Phi) is 6.90. The lowest BCUT2D eigenvalue weighted by Gasteiger charge is -2.19. The fourth-order valence-electron chi connectivity index (χ4n) is 3.06. The molecule has 1 saturated carbocycles. The summed E-state index contributed by atoms with van der Waals surface area (Å²) in [5.41, 5.74) is 0.162. The zero-order valence-corrected chi connectivity index (χ0v) is 14.9. The highest BCUT2D eigenvalue weighted by molar-refractivity contribution is 6.33. The Morgan fingerprint density at radius 2 is 2.08 bits per heavy atom. The molecular weight excluding hydrogens is 332 g/mol. The molecule has 3 rings (SSSR count). The molecule has 2 N–H and O–H groups in total. The normalized spacial score (nSPS) is 20.5. The molecule has 0 aromatic carbocycles. The minimum atomic E-state index is -0.414. The third-order valence-corrected chi connectivity index (χ3v) is 4.58. The van der Waals surface area contributed by atoms with E-state index in [-0.39, 0.29) is 23.3 Å². The second-order valence-corrected chi connectivity index (χ2v) is 6.16. The number of aromatic nitrogens is 2. The van der Waals surface area contributed by atoms with Crippen molar-refractivity contribution in [2.45, 2.75) is 58.1 Å². The van der Waals surface area contributed by atoms with Crippen molar-refractivity contribution in [3.63, 3.8) is 0 Å². The molecule has 0 unspecified atom stereocenters. The van der Waals surface area contributed by atoms with Crippen LogP contribution in [0, 0.1) is 0 Å². The highest BCUT2D eigenvalue weighted by Crippen LogP contribution is 2.26. The van der Waals surface area contributed by atoms with Gasteiger partial charge in [0.2, 0.25) is 0 Å². The Morgan fingerprint density at radius 1 is 1.38 bits per heavy atom. The van der Waals surface area contributed by atoms with Gasteiger partial charge < -0.3 is 15.0 Å². The molecule has 1 atom stereocenters. The number of hydrogen-bond donors (Lipinski definition) is 2. The molecule has 1 aromatic rings. The Bertz CT molecular complexity index is 601. The van der Waals surface area contributed by atoms with Crippen LogP contribution in [0.4, 0.5) is 10.5 Å². The minimum absolute atomic E-state index is 0.117.